The van der Waals surface area contributed by atoms with Crippen molar-refractivity contribution < 1.29 is 4.79 Å². The van der Waals surface area contributed by atoms with Gasteiger partial charge in [-0.15, -0.1) is 0 Å². The molecule has 3 nitrogen and oxygen atoms in total. The number of carbonyl (C=O) groups excluding carboxylic acids is 1. The number of nitrogens with zero attached hydrogens (tertiary/aromatic N) is 1. The standard InChI is InChI=1S/C14H20N2O/c1-16(13-8-3-2-4-9-13)11-10-15-14(17)12-6-5-7-12/h2-4,8-9,12H,5-7,10-11H2,1H3,(H,15,17). The van der Waals surface area contributed by atoms with E-state index in [-0.39, 0.29) is 11.8 Å². The van der Waals surface area contributed by atoms with E-state index < -0.39 is 0 Å². The fourth-order valence-corrected chi connectivity index (χ4v) is 1.97. The highest BCUT2D eigenvalue weighted by Crippen LogP contribution is 2.25. The number of para-hydroxylation sites is 1. The van der Waals surface area contributed by atoms with Gasteiger partial charge in [-0.2, -0.15) is 0 Å². The Balaban J connectivity index is 1.69. The highest BCUT2D eigenvalue weighted by Gasteiger charge is 2.24. The molecule has 1 fully saturated rings. The molecule has 3 heteroatoms. The van der Waals surface area contributed by atoms with Crippen molar-refractivity contribution in [3.8, 4) is 0 Å². The molecule has 0 saturated heterocycles. The third kappa shape index (κ3) is 3.22. The molecule has 1 aliphatic carbocycles. The zero-order valence-electron chi connectivity index (χ0n) is 10.4. The first kappa shape index (κ1) is 12.0. The lowest BCUT2D eigenvalue weighted by atomic mass is 9.85. The highest BCUT2D eigenvalue weighted by atomic mass is 16.1. The molecular weight excluding hydrogens is 212 g/mol. The van der Waals surface area contributed by atoms with Gasteiger partial charge >= 0.3 is 0 Å². The Labute approximate surface area is 103 Å². The number of likely N-dealkylation sites (N-methyl/N-ethyl adjacent to an activating group) is 1. The van der Waals surface area contributed by atoms with E-state index in [9.17, 15) is 4.79 Å². The van der Waals surface area contributed by atoms with Crippen molar-refractivity contribution in [2.45, 2.75) is 19.3 Å². The summed E-state index contributed by atoms with van der Waals surface area (Å²) in [7, 11) is 2.05. The summed E-state index contributed by atoms with van der Waals surface area (Å²) < 4.78 is 0. The van der Waals surface area contributed by atoms with Gasteiger partial charge in [0.2, 0.25) is 5.91 Å². The normalized spacial score (nSPS) is 15.1. The molecule has 0 aromatic heterocycles. The molecule has 1 aromatic rings. The molecule has 0 aliphatic heterocycles. The van der Waals surface area contributed by atoms with Crippen LogP contribution in [0.5, 0.6) is 0 Å². The Kier molecular flexibility index (Phi) is 4.02. The molecule has 0 bridgehead atoms. The van der Waals surface area contributed by atoms with Crippen LogP contribution in [0.2, 0.25) is 0 Å². The van der Waals surface area contributed by atoms with Crippen LogP contribution in [0.4, 0.5) is 5.69 Å². The van der Waals surface area contributed by atoms with Crippen molar-refractivity contribution in [3.63, 3.8) is 0 Å². The molecule has 0 atom stereocenters. The maximum absolute atomic E-state index is 11.6. The van der Waals surface area contributed by atoms with Gasteiger partial charge in [-0.3, -0.25) is 4.79 Å². The average molecular weight is 232 g/mol. The van der Waals surface area contributed by atoms with Crippen LogP contribution in [-0.4, -0.2) is 26.0 Å². The van der Waals surface area contributed by atoms with Gasteiger partial charge < -0.3 is 10.2 Å². The lowest BCUT2D eigenvalue weighted by Crippen LogP contribution is -2.38. The van der Waals surface area contributed by atoms with Crippen LogP contribution in [-0.2, 0) is 4.79 Å². The predicted molar refractivity (Wildman–Crippen MR) is 70.1 cm³/mol. The quantitative estimate of drug-likeness (QED) is 0.842. The summed E-state index contributed by atoms with van der Waals surface area (Å²) in [6.07, 6.45) is 3.35. The fourth-order valence-electron chi connectivity index (χ4n) is 1.97. The van der Waals surface area contributed by atoms with Crippen molar-refractivity contribution >= 4 is 11.6 Å². The fraction of sp³-hybridized carbons (Fsp3) is 0.500. The van der Waals surface area contributed by atoms with Gasteiger partial charge in [0.05, 0.1) is 0 Å². The third-order valence-electron chi connectivity index (χ3n) is 3.42. The number of hydrogen-bond acceptors (Lipinski definition) is 2. The summed E-state index contributed by atoms with van der Waals surface area (Å²) in [5.41, 5.74) is 1.19. The summed E-state index contributed by atoms with van der Waals surface area (Å²) in [4.78, 5) is 13.8. The van der Waals surface area contributed by atoms with E-state index in [1.165, 1.54) is 12.1 Å². The Morgan fingerprint density at radius 2 is 2.06 bits per heavy atom. The lowest BCUT2D eigenvalue weighted by molar-refractivity contribution is -0.127. The summed E-state index contributed by atoms with van der Waals surface area (Å²) in [6, 6.07) is 10.2. The van der Waals surface area contributed by atoms with Gasteiger partial charge in [-0.05, 0) is 25.0 Å². The topological polar surface area (TPSA) is 32.3 Å². The molecular formula is C14H20N2O. The summed E-state index contributed by atoms with van der Waals surface area (Å²) >= 11 is 0. The number of anilines is 1. The third-order valence-corrected chi connectivity index (χ3v) is 3.42. The smallest absolute Gasteiger partial charge is 0.223 e. The maximum atomic E-state index is 11.6. The van der Waals surface area contributed by atoms with Crippen LogP contribution < -0.4 is 10.2 Å². The second-order valence-electron chi connectivity index (χ2n) is 4.68. The van der Waals surface area contributed by atoms with Gasteiger partial charge in [-0.1, -0.05) is 24.6 Å². The summed E-state index contributed by atoms with van der Waals surface area (Å²) in [6.45, 7) is 1.57. The van der Waals surface area contributed by atoms with Gasteiger partial charge in [0.1, 0.15) is 0 Å². The van der Waals surface area contributed by atoms with Crippen LogP contribution in [0.1, 0.15) is 19.3 Å². The molecule has 92 valence electrons. The van der Waals surface area contributed by atoms with E-state index in [1.807, 2.05) is 25.2 Å². The van der Waals surface area contributed by atoms with Crippen LogP contribution in [0, 0.1) is 5.92 Å². The average Bonchev–Trinajstić information content (AvgIpc) is 2.27. The largest absolute Gasteiger partial charge is 0.373 e. The summed E-state index contributed by atoms with van der Waals surface area (Å²) in [5.74, 6) is 0.523. The molecule has 1 N–H and O–H groups in total. The minimum atomic E-state index is 0.234. The van der Waals surface area contributed by atoms with Crippen LogP contribution in [0.15, 0.2) is 30.3 Å². The first-order chi connectivity index (χ1) is 8.27. The molecule has 0 radical (unpaired) electrons. The SMILES string of the molecule is CN(CCNC(=O)C1CCC1)c1ccccc1. The minimum Gasteiger partial charge on any atom is -0.373 e. The van der Waals surface area contributed by atoms with Crippen LogP contribution in [0.3, 0.4) is 0 Å². The lowest BCUT2D eigenvalue weighted by Gasteiger charge is -2.25. The first-order valence-electron chi connectivity index (χ1n) is 6.31. The maximum Gasteiger partial charge on any atom is 0.223 e. The zero-order valence-corrected chi connectivity index (χ0v) is 10.4. The number of carbonyl (C=O) groups is 1. The number of amides is 1. The summed E-state index contributed by atoms with van der Waals surface area (Å²) in [5, 5.41) is 3.00. The van der Waals surface area contributed by atoms with Gasteiger partial charge in [0, 0.05) is 31.7 Å². The minimum absolute atomic E-state index is 0.234. The van der Waals surface area contributed by atoms with Crippen molar-refractivity contribution in [1.29, 1.82) is 0 Å². The van der Waals surface area contributed by atoms with Crippen LogP contribution in [0.25, 0.3) is 0 Å². The molecule has 1 aliphatic rings. The van der Waals surface area contributed by atoms with E-state index in [1.54, 1.807) is 0 Å². The monoisotopic (exact) mass is 232 g/mol. The van der Waals surface area contributed by atoms with E-state index in [0.29, 0.717) is 0 Å². The van der Waals surface area contributed by atoms with E-state index in [2.05, 4.69) is 22.3 Å². The van der Waals surface area contributed by atoms with Crippen molar-refractivity contribution in [2.75, 3.05) is 25.0 Å². The Bertz CT molecular complexity index is 360. The second kappa shape index (κ2) is 5.71. The van der Waals surface area contributed by atoms with Crippen molar-refractivity contribution in [3.05, 3.63) is 30.3 Å². The number of nitrogens with one attached hydrogen (secondary N) is 1. The Morgan fingerprint density at radius 3 is 2.65 bits per heavy atom. The zero-order chi connectivity index (χ0) is 12.1. The first-order valence-corrected chi connectivity index (χ1v) is 6.31. The van der Waals surface area contributed by atoms with Gasteiger partial charge in [-0.25, -0.2) is 0 Å². The molecule has 0 unspecified atom stereocenters. The molecule has 2 rings (SSSR count). The number of hydrogen-bond donors (Lipinski definition) is 1. The highest BCUT2D eigenvalue weighted by molar-refractivity contribution is 5.79. The second-order valence-corrected chi connectivity index (χ2v) is 4.68. The van der Waals surface area contributed by atoms with E-state index in [4.69, 9.17) is 0 Å². The molecule has 0 heterocycles. The van der Waals surface area contributed by atoms with E-state index >= 15 is 0 Å². The molecule has 1 saturated carbocycles. The van der Waals surface area contributed by atoms with Crippen LogP contribution >= 0.6 is 0 Å². The predicted octanol–water partition coefficient (Wildman–Crippen LogP) is 2.04. The van der Waals surface area contributed by atoms with Crippen molar-refractivity contribution in [1.82, 2.24) is 5.32 Å². The van der Waals surface area contributed by atoms with Gasteiger partial charge in [0.25, 0.3) is 0 Å². The molecule has 1 amide bonds. The molecule has 1 aromatic carbocycles. The van der Waals surface area contributed by atoms with E-state index in [0.717, 1.165) is 25.9 Å². The number of benzene rings is 1. The molecule has 0 spiro atoms. The number of rotatable bonds is 5. The molecule has 17 heavy (non-hydrogen) atoms. The van der Waals surface area contributed by atoms with Gasteiger partial charge in [0.15, 0.2) is 0 Å². The van der Waals surface area contributed by atoms with Crippen molar-refractivity contribution in [2.24, 2.45) is 5.92 Å². The Morgan fingerprint density at radius 1 is 1.35 bits per heavy atom. The Hall–Kier alpha value is -1.51.